The van der Waals surface area contributed by atoms with E-state index < -0.39 is 8.07 Å². The summed E-state index contributed by atoms with van der Waals surface area (Å²) >= 11 is 0. The molecular weight excluding hydrogens is 180 g/mol. The molecule has 1 rings (SSSR count). The van der Waals surface area contributed by atoms with Crippen LogP contribution >= 0.6 is 0 Å². The number of aliphatic hydroxyl groups is 2. The predicted molar refractivity (Wildman–Crippen MR) is 55.8 cm³/mol. The second kappa shape index (κ2) is 3.45. The molecule has 3 heteroatoms. The van der Waals surface area contributed by atoms with E-state index in [4.69, 9.17) is 10.2 Å². The van der Waals surface area contributed by atoms with Crippen LogP contribution in [0.3, 0.4) is 0 Å². The highest BCUT2D eigenvalue weighted by Gasteiger charge is 2.52. The Balaban J connectivity index is 2.55. The maximum Gasteiger partial charge on any atom is 0.129 e. The molecule has 0 bridgehead atoms. The van der Waals surface area contributed by atoms with Crippen molar-refractivity contribution >= 4 is 8.07 Å². The van der Waals surface area contributed by atoms with Crippen LogP contribution in [0.4, 0.5) is 0 Å². The SMILES string of the molecule is C[Si](C)(C)C#CC1CC1(CO)CO. The Bertz CT molecular complexity index is 240. The standard InChI is InChI=1S/C10H18O2Si/c1-13(2,3)5-4-9-6-10(9,7-11)8-12/h9,11-12H,6-8H2,1-3H3. The summed E-state index contributed by atoms with van der Waals surface area (Å²) in [5.41, 5.74) is 3.00. The molecule has 2 nitrogen and oxygen atoms in total. The number of aliphatic hydroxyl groups excluding tert-OH is 2. The van der Waals surface area contributed by atoms with Crippen molar-refractivity contribution in [1.29, 1.82) is 0 Å². The van der Waals surface area contributed by atoms with Gasteiger partial charge in [-0.2, -0.15) is 0 Å². The molecule has 1 saturated carbocycles. The largest absolute Gasteiger partial charge is 0.396 e. The van der Waals surface area contributed by atoms with Gasteiger partial charge in [0.25, 0.3) is 0 Å². The van der Waals surface area contributed by atoms with Crippen LogP contribution in [-0.2, 0) is 0 Å². The van der Waals surface area contributed by atoms with Crippen molar-refractivity contribution in [2.75, 3.05) is 13.2 Å². The van der Waals surface area contributed by atoms with Gasteiger partial charge in [-0.3, -0.25) is 0 Å². The third kappa shape index (κ3) is 2.57. The Morgan fingerprint density at radius 1 is 1.31 bits per heavy atom. The van der Waals surface area contributed by atoms with E-state index in [2.05, 4.69) is 31.1 Å². The van der Waals surface area contributed by atoms with Crippen molar-refractivity contribution in [3.63, 3.8) is 0 Å². The molecule has 74 valence electrons. The van der Waals surface area contributed by atoms with E-state index in [1.807, 2.05) is 0 Å². The molecule has 1 atom stereocenters. The molecule has 0 aromatic carbocycles. The van der Waals surface area contributed by atoms with Crippen LogP contribution in [0.2, 0.25) is 19.6 Å². The van der Waals surface area contributed by atoms with E-state index in [0.717, 1.165) is 6.42 Å². The highest BCUT2D eigenvalue weighted by atomic mass is 28.3. The molecule has 0 aromatic rings. The second-order valence-electron chi connectivity index (χ2n) is 4.95. The Hall–Kier alpha value is -0.303. The summed E-state index contributed by atoms with van der Waals surface area (Å²) in [5, 5.41) is 18.1. The van der Waals surface area contributed by atoms with Crippen LogP contribution in [0.1, 0.15) is 6.42 Å². The third-order valence-corrected chi connectivity index (χ3v) is 3.34. The van der Waals surface area contributed by atoms with E-state index in [1.54, 1.807) is 0 Å². The molecule has 0 radical (unpaired) electrons. The van der Waals surface area contributed by atoms with Crippen LogP contribution in [0.5, 0.6) is 0 Å². The zero-order valence-corrected chi connectivity index (χ0v) is 9.59. The Kier molecular flexibility index (Phi) is 2.86. The van der Waals surface area contributed by atoms with Crippen molar-refractivity contribution in [3.8, 4) is 11.5 Å². The maximum atomic E-state index is 9.04. The van der Waals surface area contributed by atoms with Gasteiger partial charge in [-0.15, -0.1) is 11.5 Å². The van der Waals surface area contributed by atoms with Gasteiger partial charge in [-0.1, -0.05) is 19.6 Å². The number of hydrogen-bond donors (Lipinski definition) is 2. The van der Waals surface area contributed by atoms with E-state index in [-0.39, 0.29) is 24.5 Å². The van der Waals surface area contributed by atoms with Gasteiger partial charge >= 0.3 is 0 Å². The Morgan fingerprint density at radius 3 is 2.15 bits per heavy atom. The van der Waals surface area contributed by atoms with Crippen molar-refractivity contribution in [2.24, 2.45) is 11.3 Å². The summed E-state index contributed by atoms with van der Waals surface area (Å²) < 4.78 is 0. The molecule has 0 amide bonds. The molecule has 1 aliphatic rings. The molecule has 1 aliphatic carbocycles. The van der Waals surface area contributed by atoms with Gasteiger partial charge in [0.1, 0.15) is 8.07 Å². The molecule has 1 fully saturated rings. The van der Waals surface area contributed by atoms with Gasteiger partial charge in [0.15, 0.2) is 0 Å². The Labute approximate surface area is 81.0 Å². The molecule has 0 saturated heterocycles. The van der Waals surface area contributed by atoms with Gasteiger partial charge in [-0.05, 0) is 6.42 Å². The van der Waals surface area contributed by atoms with E-state index in [1.165, 1.54) is 0 Å². The fraction of sp³-hybridized carbons (Fsp3) is 0.800. The van der Waals surface area contributed by atoms with Gasteiger partial charge < -0.3 is 10.2 Å². The van der Waals surface area contributed by atoms with Crippen LogP contribution in [0.15, 0.2) is 0 Å². The summed E-state index contributed by atoms with van der Waals surface area (Å²) in [6.07, 6.45) is 0.859. The first kappa shape index (κ1) is 10.8. The van der Waals surface area contributed by atoms with Crippen molar-refractivity contribution in [2.45, 2.75) is 26.1 Å². The smallest absolute Gasteiger partial charge is 0.129 e. The van der Waals surface area contributed by atoms with Gasteiger partial charge in [0.05, 0.1) is 13.2 Å². The zero-order chi connectivity index (χ0) is 10.1. The highest BCUT2D eigenvalue weighted by Crippen LogP contribution is 2.51. The lowest BCUT2D eigenvalue weighted by molar-refractivity contribution is 0.127. The van der Waals surface area contributed by atoms with Crippen LogP contribution in [0, 0.1) is 22.8 Å². The van der Waals surface area contributed by atoms with E-state index in [9.17, 15) is 0 Å². The lowest BCUT2D eigenvalue weighted by atomic mass is 10.1. The summed E-state index contributed by atoms with van der Waals surface area (Å²) in [6.45, 7) is 6.72. The summed E-state index contributed by atoms with van der Waals surface area (Å²) in [7, 11) is -1.29. The highest BCUT2D eigenvalue weighted by molar-refractivity contribution is 6.83. The zero-order valence-electron chi connectivity index (χ0n) is 8.59. The van der Waals surface area contributed by atoms with Crippen LogP contribution in [0.25, 0.3) is 0 Å². The predicted octanol–water partition coefficient (Wildman–Crippen LogP) is 0.858. The second-order valence-corrected chi connectivity index (χ2v) is 9.70. The number of rotatable bonds is 2. The molecule has 13 heavy (non-hydrogen) atoms. The van der Waals surface area contributed by atoms with Crippen molar-refractivity contribution in [3.05, 3.63) is 0 Å². The summed E-state index contributed by atoms with van der Waals surface area (Å²) in [4.78, 5) is 0. The monoisotopic (exact) mass is 198 g/mol. The molecular formula is C10H18O2Si. The molecule has 0 aromatic heterocycles. The average molecular weight is 198 g/mol. The third-order valence-electron chi connectivity index (χ3n) is 2.44. The quantitative estimate of drug-likeness (QED) is 0.510. The normalized spacial score (nSPS) is 24.8. The fourth-order valence-corrected chi connectivity index (χ4v) is 1.86. The maximum absolute atomic E-state index is 9.04. The van der Waals surface area contributed by atoms with Gasteiger partial charge in [0, 0.05) is 11.3 Å². The van der Waals surface area contributed by atoms with Crippen LogP contribution < -0.4 is 0 Å². The van der Waals surface area contributed by atoms with Gasteiger partial charge in [0.2, 0.25) is 0 Å². The molecule has 0 aliphatic heterocycles. The number of hydrogen-bond acceptors (Lipinski definition) is 2. The minimum atomic E-state index is -1.29. The minimum absolute atomic E-state index is 0.0640. The molecule has 0 heterocycles. The molecule has 2 N–H and O–H groups in total. The first-order chi connectivity index (χ1) is 5.93. The lowest BCUT2D eigenvalue weighted by Crippen LogP contribution is -2.18. The molecule has 1 unspecified atom stereocenters. The summed E-state index contributed by atoms with van der Waals surface area (Å²) in [5.74, 6) is 3.41. The first-order valence-corrected chi connectivity index (χ1v) is 8.18. The fourth-order valence-electron chi connectivity index (χ4n) is 1.25. The molecule has 0 spiro atoms. The van der Waals surface area contributed by atoms with Crippen molar-refractivity contribution in [1.82, 2.24) is 0 Å². The summed E-state index contributed by atoms with van der Waals surface area (Å²) in [6, 6.07) is 0. The van der Waals surface area contributed by atoms with Crippen molar-refractivity contribution < 1.29 is 10.2 Å². The lowest BCUT2D eigenvalue weighted by Gasteiger charge is -2.07. The van der Waals surface area contributed by atoms with E-state index in [0.29, 0.717) is 0 Å². The topological polar surface area (TPSA) is 40.5 Å². The minimum Gasteiger partial charge on any atom is -0.396 e. The first-order valence-electron chi connectivity index (χ1n) is 4.68. The van der Waals surface area contributed by atoms with E-state index >= 15 is 0 Å². The van der Waals surface area contributed by atoms with Gasteiger partial charge in [-0.25, -0.2) is 0 Å². The Morgan fingerprint density at radius 2 is 1.85 bits per heavy atom. The average Bonchev–Trinajstić information content (AvgIpc) is 2.74. The van der Waals surface area contributed by atoms with Crippen LogP contribution in [-0.4, -0.2) is 31.5 Å².